The molecule has 0 aromatic heterocycles. The fourth-order valence-corrected chi connectivity index (χ4v) is 1.77. The first kappa shape index (κ1) is 8.48. The molecule has 0 aromatic rings. The van der Waals surface area contributed by atoms with Gasteiger partial charge in [-0.25, -0.2) is 0 Å². The number of ether oxygens (including phenoxy) is 2. The van der Waals surface area contributed by atoms with Gasteiger partial charge in [0.15, 0.2) is 0 Å². The van der Waals surface area contributed by atoms with Gasteiger partial charge in [0.05, 0.1) is 19.3 Å². The second-order valence-corrected chi connectivity index (χ2v) is 4.01. The zero-order chi connectivity index (χ0) is 8.44. The zero-order valence-electron chi connectivity index (χ0n) is 7.64. The summed E-state index contributed by atoms with van der Waals surface area (Å²) < 4.78 is 11.1. The van der Waals surface area contributed by atoms with Crippen LogP contribution in [0.3, 0.4) is 0 Å². The Morgan fingerprint density at radius 1 is 1.33 bits per heavy atom. The second-order valence-electron chi connectivity index (χ2n) is 4.01. The summed E-state index contributed by atoms with van der Waals surface area (Å²) in [5, 5.41) is 3.33. The SMILES string of the molecule is CC1(OC2CCNCC2)COC1. The van der Waals surface area contributed by atoms with Crippen molar-refractivity contribution in [3.63, 3.8) is 0 Å². The second kappa shape index (κ2) is 3.32. The molecule has 0 atom stereocenters. The topological polar surface area (TPSA) is 30.5 Å². The molecule has 2 rings (SSSR count). The van der Waals surface area contributed by atoms with Crippen molar-refractivity contribution < 1.29 is 9.47 Å². The van der Waals surface area contributed by atoms with E-state index < -0.39 is 0 Å². The average molecular weight is 171 g/mol. The van der Waals surface area contributed by atoms with Crippen molar-refractivity contribution in [2.75, 3.05) is 26.3 Å². The van der Waals surface area contributed by atoms with E-state index in [9.17, 15) is 0 Å². The minimum absolute atomic E-state index is 0.0298. The molecule has 1 N–H and O–H groups in total. The van der Waals surface area contributed by atoms with Gasteiger partial charge in [-0.2, -0.15) is 0 Å². The summed E-state index contributed by atoms with van der Waals surface area (Å²) in [7, 11) is 0. The van der Waals surface area contributed by atoms with Crippen LogP contribution in [0.5, 0.6) is 0 Å². The van der Waals surface area contributed by atoms with Gasteiger partial charge >= 0.3 is 0 Å². The Labute approximate surface area is 73.4 Å². The standard InChI is InChI=1S/C9H17NO2/c1-9(6-11-7-9)12-8-2-4-10-5-3-8/h8,10H,2-7H2,1H3. The van der Waals surface area contributed by atoms with Crippen molar-refractivity contribution in [2.24, 2.45) is 0 Å². The maximum absolute atomic E-state index is 5.95. The van der Waals surface area contributed by atoms with E-state index in [4.69, 9.17) is 9.47 Å². The molecule has 0 saturated carbocycles. The van der Waals surface area contributed by atoms with Gasteiger partial charge in [-0.1, -0.05) is 0 Å². The van der Waals surface area contributed by atoms with Crippen LogP contribution in [-0.2, 0) is 9.47 Å². The van der Waals surface area contributed by atoms with Crippen molar-refractivity contribution in [1.82, 2.24) is 5.32 Å². The van der Waals surface area contributed by atoms with Gasteiger partial charge in [0.1, 0.15) is 5.60 Å². The molecule has 70 valence electrons. The predicted octanol–water partition coefficient (Wildman–Crippen LogP) is 0.544. The van der Waals surface area contributed by atoms with Crippen molar-refractivity contribution in [1.29, 1.82) is 0 Å². The summed E-state index contributed by atoms with van der Waals surface area (Å²) in [4.78, 5) is 0. The van der Waals surface area contributed by atoms with Crippen molar-refractivity contribution in [2.45, 2.75) is 31.5 Å². The van der Waals surface area contributed by atoms with Crippen LogP contribution in [0.4, 0.5) is 0 Å². The van der Waals surface area contributed by atoms with Crippen LogP contribution in [0, 0.1) is 0 Å². The highest BCUT2D eigenvalue weighted by Crippen LogP contribution is 2.25. The monoisotopic (exact) mass is 171 g/mol. The predicted molar refractivity (Wildman–Crippen MR) is 46.2 cm³/mol. The first-order chi connectivity index (χ1) is 5.79. The summed E-state index contributed by atoms with van der Waals surface area (Å²) in [5.41, 5.74) is 0.0298. The highest BCUT2D eigenvalue weighted by atomic mass is 16.6. The van der Waals surface area contributed by atoms with Gasteiger partial charge in [-0.15, -0.1) is 0 Å². The van der Waals surface area contributed by atoms with E-state index >= 15 is 0 Å². The summed E-state index contributed by atoms with van der Waals surface area (Å²) in [5.74, 6) is 0. The summed E-state index contributed by atoms with van der Waals surface area (Å²) in [6, 6.07) is 0. The van der Waals surface area contributed by atoms with Gasteiger partial charge in [0.2, 0.25) is 0 Å². The molecule has 0 unspecified atom stereocenters. The molecule has 2 fully saturated rings. The van der Waals surface area contributed by atoms with E-state index in [1.54, 1.807) is 0 Å². The lowest BCUT2D eigenvalue weighted by Crippen LogP contribution is -2.52. The van der Waals surface area contributed by atoms with Crippen LogP contribution in [0.25, 0.3) is 0 Å². The molecular formula is C9H17NO2. The number of hydrogen-bond donors (Lipinski definition) is 1. The third-order valence-electron chi connectivity index (χ3n) is 2.55. The molecule has 2 heterocycles. The summed E-state index contributed by atoms with van der Waals surface area (Å²) in [6.45, 7) is 5.88. The van der Waals surface area contributed by atoms with E-state index in [0.717, 1.165) is 39.1 Å². The lowest BCUT2D eigenvalue weighted by molar-refractivity contribution is -0.223. The molecule has 12 heavy (non-hydrogen) atoms. The fourth-order valence-electron chi connectivity index (χ4n) is 1.77. The van der Waals surface area contributed by atoms with Gasteiger partial charge in [-0.3, -0.25) is 0 Å². The smallest absolute Gasteiger partial charge is 0.112 e. The maximum atomic E-state index is 5.95. The van der Waals surface area contributed by atoms with Crippen LogP contribution in [0.1, 0.15) is 19.8 Å². The maximum Gasteiger partial charge on any atom is 0.112 e. The Morgan fingerprint density at radius 3 is 2.50 bits per heavy atom. The molecule has 2 aliphatic heterocycles. The Kier molecular flexibility index (Phi) is 2.35. The van der Waals surface area contributed by atoms with Gasteiger partial charge < -0.3 is 14.8 Å². The van der Waals surface area contributed by atoms with E-state index in [2.05, 4.69) is 12.2 Å². The molecule has 2 saturated heterocycles. The Morgan fingerprint density at radius 2 is 2.00 bits per heavy atom. The Hall–Kier alpha value is -0.120. The minimum Gasteiger partial charge on any atom is -0.375 e. The van der Waals surface area contributed by atoms with Crippen LogP contribution in [0.15, 0.2) is 0 Å². The van der Waals surface area contributed by atoms with Crippen LogP contribution in [0.2, 0.25) is 0 Å². The van der Waals surface area contributed by atoms with Crippen LogP contribution < -0.4 is 5.32 Å². The highest BCUT2D eigenvalue weighted by Gasteiger charge is 2.36. The van der Waals surface area contributed by atoms with Crippen molar-refractivity contribution >= 4 is 0 Å². The molecule has 0 aliphatic carbocycles. The number of piperidine rings is 1. The summed E-state index contributed by atoms with van der Waals surface area (Å²) >= 11 is 0. The Balaban J connectivity index is 1.77. The van der Waals surface area contributed by atoms with Crippen LogP contribution in [-0.4, -0.2) is 38.0 Å². The molecule has 3 nitrogen and oxygen atoms in total. The lowest BCUT2D eigenvalue weighted by atomic mass is 10.0. The molecule has 0 radical (unpaired) electrons. The first-order valence-electron chi connectivity index (χ1n) is 4.75. The van der Waals surface area contributed by atoms with Crippen molar-refractivity contribution in [3.8, 4) is 0 Å². The number of hydrogen-bond acceptors (Lipinski definition) is 3. The summed E-state index contributed by atoms with van der Waals surface area (Å²) in [6.07, 6.45) is 2.76. The third-order valence-corrected chi connectivity index (χ3v) is 2.55. The van der Waals surface area contributed by atoms with Crippen molar-refractivity contribution in [3.05, 3.63) is 0 Å². The Bertz CT molecular complexity index is 151. The van der Waals surface area contributed by atoms with E-state index in [1.807, 2.05) is 0 Å². The van der Waals surface area contributed by atoms with E-state index in [-0.39, 0.29) is 5.60 Å². The first-order valence-corrected chi connectivity index (χ1v) is 4.75. The average Bonchev–Trinajstić information content (AvgIpc) is 2.04. The molecule has 0 aromatic carbocycles. The minimum atomic E-state index is 0.0298. The fraction of sp³-hybridized carbons (Fsp3) is 1.00. The molecule has 0 spiro atoms. The van der Waals surface area contributed by atoms with E-state index in [0.29, 0.717) is 6.10 Å². The normalized spacial score (nSPS) is 29.8. The molecule has 2 aliphatic rings. The molecule has 0 bridgehead atoms. The quantitative estimate of drug-likeness (QED) is 0.658. The van der Waals surface area contributed by atoms with Gasteiger partial charge in [0, 0.05) is 0 Å². The lowest BCUT2D eigenvalue weighted by Gasteiger charge is -2.41. The zero-order valence-corrected chi connectivity index (χ0v) is 7.64. The van der Waals surface area contributed by atoms with Gasteiger partial charge in [-0.05, 0) is 32.9 Å². The van der Waals surface area contributed by atoms with Gasteiger partial charge in [0.25, 0.3) is 0 Å². The third kappa shape index (κ3) is 1.79. The number of rotatable bonds is 2. The van der Waals surface area contributed by atoms with Crippen LogP contribution >= 0.6 is 0 Å². The molecule has 3 heteroatoms. The number of nitrogens with one attached hydrogen (secondary N) is 1. The highest BCUT2D eigenvalue weighted by molar-refractivity contribution is 4.84. The largest absolute Gasteiger partial charge is 0.375 e. The van der Waals surface area contributed by atoms with E-state index in [1.165, 1.54) is 0 Å². The molecule has 0 amide bonds. The molecular weight excluding hydrogens is 154 g/mol.